The Labute approximate surface area is 160 Å². The number of carboxylic acid groups (broad SMARTS) is 1. The van der Waals surface area contributed by atoms with Crippen molar-refractivity contribution >= 4 is 33.5 Å². The molecule has 0 saturated heterocycles. The van der Waals surface area contributed by atoms with E-state index < -0.39 is 26.7 Å². The summed E-state index contributed by atoms with van der Waals surface area (Å²) in [6.07, 6.45) is 2.13. The highest BCUT2D eigenvalue weighted by Gasteiger charge is 2.15. The van der Waals surface area contributed by atoms with Gasteiger partial charge in [-0.3, -0.25) is 19.7 Å². The van der Waals surface area contributed by atoms with Crippen molar-refractivity contribution in [2.24, 2.45) is 0 Å². The molecule has 0 fully saturated rings. The third-order valence-electron chi connectivity index (χ3n) is 3.63. The normalized spacial score (nSPS) is 11.4. The summed E-state index contributed by atoms with van der Waals surface area (Å²) in [5.74, 6) is -1.59. The van der Waals surface area contributed by atoms with E-state index in [2.05, 4.69) is 4.72 Å². The minimum absolute atomic E-state index is 0.114. The van der Waals surface area contributed by atoms with E-state index in [1.165, 1.54) is 48.5 Å². The van der Waals surface area contributed by atoms with Gasteiger partial charge in [-0.25, -0.2) is 13.1 Å². The van der Waals surface area contributed by atoms with Crippen LogP contribution in [0.25, 0.3) is 6.08 Å². The number of carboxylic acids is 1. The Morgan fingerprint density at radius 2 is 1.75 bits per heavy atom. The van der Waals surface area contributed by atoms with E-state index in [9.17, 15) is 28.1 Å². The number of sulfonamides is 1. The van der Waals surface area contributed by atoms with Gasteiger partial charge in [0.25, 0.3) is 5.69 Å². The molecule has 2 aromatic rings. The Bertz CT molecular complexity index is 1030. The maximum atomic E-state index is 12.2. The summed E-state index contributed by atoms with van der Waals surface area (Å²) < 4.78 is 26.2. The van der Waals surface area contributed by atoms with Crippen LogP contribution < -0.4 is 4.72 Å². The number of carbonyl (C=O) groups excluding carboxylic acids is 1. The second kappa shape index (κ2) is 9.02. The minimum atomic E-state index is -3.89. The standard InChI is InChI=1S/C18H16N2O7S/c21-17(10-7-13-3-1-2-4-16(13)20(24)25)14-5-8-15(9-6-14)28(26,27)19-12-11-18(22)23/h1-10,19H,11-12H2,(H,22,23)/b10-7+. The lowest BCUT2D eigenvalue weighted by Gasteiger charge is -2.06. The Balaban J connectivity index is 2.12. The molecule has 10 heteroatoms. The van der Waals surface area contributed by atoms with Crippen LogP contribution in [-0.4, -0.2) is 36.7 Å². The molecule has 0 atom stereocenters. The van der Waals surface area contributed by atoms with Crippen LogP contribution in [-0.2, 0) is 14.8 Å². The van der Waals surface area contributed by atoms with Gasteiger partial charge in [-0.15, -0.1) is 0 Å². The van der Waals surface area contributed by atoms with E-state index in [1.54, 1.807) is 6.07 Å². The number of ketones is 1. The smallest absolute Gasteiger partial charge is 0.304 e. The van der Waals surface area contributed by atoms with Gasteiger partial charge in [0.05, 0.1) is 21.8 Å². The first kappa shape index (κ1) is 20.9. The molecular weight excluding hydrogens is 388 g/mol. The van der Waals surface area contributed by atoms with Crippen LogP contribution in [0.1, 0.15) is 22.3 Å². The summed E-state index contributed by atoms with van der Waals surface area (Å²) in [6.45, 7) is -0.253. The first-order chi connectivity index (χ1) is 13.2. The second-order valence-corrected chi connectivity index (χ2v) is 7.35. The molecule has 9 nitrogen and oxygen atoms in total. The first-order valence-corrected chi connectivity index (χ1v) is 9.46. The van der Waals surface area contributed by atoms with Gasteiger partial charge in [0.1, 0.15) is 0 Å². The van der Waals surface area contributed by atoms with E-state index in [0.717, 1.165) is 6.08 Å². The SMILES string of the molecule is O=C(O)CCNS(=O)(=O)c1ccc(C(=O)/C=C/c2ccccc2[N+](=O)[O-])cc1. The van der Waals surface area contributed by atoms with Crippen LogP contribution in [0, 0.1) is 10.1 Å². The monoisotopic (exact) mass is 404 g/mol. The van der Waals surface area contributed by atoms with Crippen LogP contribution in [0.4, 0.5) is 5.69 Å². The number of hydrogen-bond donors (Lipinski definition) is 2. The van der Waals surface area contributed by atoms with Gasteiger partial charge >= 0.3 is 5.97 Å². The number of hydrogen-bond acceptors (Lipinski definition) is 6. The molecule has 2 N–H and O–H groups in total. The van der Waals surface area contributed by atoms with Gasteiger partial charge < -0.3 is 5.11 Å². The third-order valence-corrected chi connectivity index (χ3v) is 5.10. The fraction of sp³-hybridized carbons (Fsp3) is 0.111. The maximum absolute atomic E-state index is 12.2. The summed E-state index contributed by atoms with van der Waals surface area (Å²) in [6, 6.07) is 11.0. The molecule has 0 aliphatic carbocycles. The molecule has 0 aliphatic heterocycles. The highest BCUT2D eigenvalue weighted by Crippen LogP contribution is 2.19. The molecule has 28 heavy (non-hydrogen) atoms. The van der Waals surface area contributed by atoms with E-state index in [1.807, 2.05) is 0 Å². The zero-order chi connectivity index (χ0) is 20.7. The van der Waals surface area contributed by atoms with Gasteiger partial charge in [-0.2, -0.15) is 0 Å². The van der Waals surface area contributed by atoms with Crippen LogP contribution in [0.3, 0.4) is 0 Å². The number of nitro groups is 1. The number of nitrogens with one attached hydrogen (secondary N) is 1. The Morgan fingerprint density at radius 1 is 1.11 bits per heavy atom. The molecule has 0 spiro atoms. The highest BCUT2D eigenvalue weighted by molar-refractivity contribution is 7.89. The molecule has 0 aromatic heterocycles. The number of benzene rings is 2. The van der Waals surface area contributed by atoms with Crippen LogP contribution >= 0.6 is 0 Å². The summed E-state index contributed by atoms with van der Waals surface area (Å²) in [5.41, 5.74) is 0.322. The van der Waals surface area contributed by atoms with Crippen molar-refractivity contribution < 1.29 is 28.0 Å². The molecule has 0 unspecified atom stereocenters. The second-order valence-electron chi connectivity index (χ2n) is 5.58. The molecule has 0 bridgehead atoms. The number of aliphatic carboxylic acids is 1. The van der Waals surface area contributed by atoms with Crippen molar-refractivity contribution in [2.75, 3.05) is 6.54 Å². The molecule has 146 valence electrons. The molecule has 0 heterocycles. The lowest BCUT2D eigenvalue weighted by molar-refractivity contribution is -0.385. The summed E-state index contributed by atoms with van der Waals surface area (Å²) in [7, 11) is -3.89. The molecular formula is C18H16N2O7S. The van der Waals surface area contributed by atoms with Gasteiger partial charge in [-0.05, 0) is 42.5 Å². The van der Waals surface area contributed by atoms with Crippen molar-refractivity contribution in [1.82, 2.24) is 4.72 Å². The molecule has 0 aliphatic rings. The van der Waals surface area contributed by atoms with Crippen LogP contribution in [0.5, 0.6) is 0 Å². The number of nitro benzene ring substituents is 1. The van der Waals surface area contributed by atoms with Crippen LogP contribution in [0.2, 0.25) is 0 Å². The number of nitrogens with zero attached hydrogens (tertiary/aromatic N) is 1. The lowest BCUT2D eigenvalue weighted by atomic mass is 10.1. The lowest BCUT2D eigenvalue weighted by Crippen LogP contribution is -2.26. The quantitative estimate of drug-likeness (QED) is 0.282. The highest BCUT2D eigenvalue weighted by atomic mass is 32.2. The predicted octanol–water partition coefficient (Wildman–Crippen LogP) is 2.24. The molecule has 2 aromatic carbocycles. The Kier molecular flexibility index (Phi) is 6.74. The molecule has 0 saturated carbocycles. The predicted molar refractivity (Wildman–Crippen MR) is 100 cm³/mol. The van der Waals surface area contributed by atoms with E-state index in [-0.39, 0.29) is 34.7 Å². The summed E-state index contributed by atoms with van der Waals surface area (Å²) in [4.78, 5) is 33.0. The van der Waals surface area contributed by atoms with E-state index in [0.29, 0.717) is 0 Å². The minimum Gasteiger partial charge on any atom is -0.481 e. The first-order valence-electron chi connectivity index (χ1n) is 7.98. The van der Waals surface area contributed by atoms with Crippen molar-refractivity contribution in [3.05, 3.63) is 75.8 Å². The number of para-hydroxylation sites is 1. The zero-order valence-electron chi connectivity index (χ0n) is 14.4. The van der Waals surface area contributed by atoms with Crippen molar-refractivity contribution in [1.29, 1.82) is 0 Å². The average molecular weight is 404 g/mol. The van der Waals surface area contributed by atoms with E-state index >= 15 is 0 Å². The van der Waals surface area contributed by atoms with Crippen molar-refractivity contribution in [3.8, 4) is 0 Å². The van der Waals surface area contributed by atoms with Gasteiger partial charge in [0, 0.05) is 18.2 Å². The average Bonchev–Trinajstić information content (AvgIpc) is 2.66. The summed E-state index contributed by atoms with van der Waals surface area (Å²) >= 11 is 0. The topological polar surface area (TPSA) is 144 Å². The molecule has 0 amide bonds. The number of carbonyl (C=O) groups is 2. The van der Waals surface area contributed by atoms with E-state index in [4.69, 9.17) is 5.11 Å². The van der Waals surface area contributed by atoms with Gasteiger partial charge in [0.15, 0.2) is 5.78 Å². The zero-order valence-corrected chi connectivity index (χ0v) is 15.3. The Morgan fingerprint density at radius 3 is 2.36 bits per heavy atom. The fourth-order valence-electron chi connectivity index (χ4n) is 2.23. The largest absolute Gasteiger partial charge is 0.481 e. The molecule has 0 radical (unpaired) electrons. The van der Waals surface area contributed by atoms with Gasteiger partial charge in [-0.1, -0.05) is 12.1 Å². The number of allylic oxidation sites excluding steroid dienone is 1. The molecule has 2 rings (SSSR count). The Hall–Kier alpha value is -3.37. The third kappa shape index (κ3) is 5.56. The fourth-order valence-corrected chi connectivity index (χ4v) is 3.26. The van der Waals surface area contributed by atoms with Gasteiger partial charge in [0.2, 0.25) is 10.0 Å². The van der Waals surface area contributed by atoms with Crippen molar-refractivity contribution in [2.45, 2.75) is 11.3 Å². The summed E-state index contributed by atoms with van der Waals surface area (Å²) in [5, 5.41) is 19.5. The van der Waals surface area contributed by atoms with Crippen molar-refractivity contribution in [3.63, 3.8) is 0 Å². The maximum Gasteiger partial charge on any atom is 0.304 e. The van der Waals surface area contributed by atoms with Crippen LogP contribution in [0.15, 0.2) is 59.5 Å². The number of rotatable bonds is 9.